The van der Waals surface area contributed by atoms with Crippen molar-refractivity contribution >= 4 is 23.1 Å². The third kappa shape index (κ3) is 3.37. The fourth-order valence-electron chi connectivity index (χ4n) is 1.50. The Balaban J connectivity index is 2.45. The van der Waals surface area contributed by atoms with Crippen LogP contribution in [-0.2, 0) is 0 Å². The quantitative estimate of drug-likeness (QED) is 0.294. The molecule has 0 radical (unpaired) electrons. The molecule has 0 bridgehead atoms. The number of rotatable bonds is 4. The van der Waals surface area contributed by atoms with Gasteiger partial charge in [-0.15, -0.1) is 0 Å². The zero-order valence-corrected chi connectivity index (χ0v) is 11.2. The number of ether oxygens (including phenoxy) is 1. The lowest BCUT2D eigenvalue weighted by Gasteiger charge is -2.09. The standard InChI is InChI=1S/C12H9ClN4O4/c13-7-2-1-3-9(4-7)21-12-10(11(14)16-18)5-8(6-15-12)17(19)20/h1-6,18H,(H2,14,16). The lowest BCUT2D eigenvalue weighted by Crippen LogP contribution is -2.15. The molecule has 21 heavy (non-hydrogen) atoms. The maximum Gasteiger partial charge on any atom is 0.288 e. The van der Waals surface area contributed by atoms with Crippen molar-refractivity contribution < 1.29 is 14.9 Å². The smallest absolute Gasteiger partial charge is 0.288 e. The molecule has 8 nitrogen and oxygen atoms in total. The van der Waals surface area contributed by atoms with Crippen LogP contribution in [0.25, 0.3) is 0 Å². The molecular formula is C12H9ClN4O4. The van der Waals surface area contributed by atoms with Crippen molar-refractivity contribution in [1.82, 2.24) is 4.98 Å². The summed E-state index contributed by atoms with van der Waals surface area (Å²) >= 11 is 5.83. The van der Waals surface area contributed by atoms with Crippen LogP contribution in [0.4, 0.5) is 5.69 Å². The molecule has 0 aliphatic carbocycles. The van der Waals surface area contributed by atoms with Crippen LogP contribution in [0.5, 0.6) is 11.6 Å². The van der Waals surface area contributed by atoms with Gasteiger partial charge in [0.2, 0.25) is 5.88 Å². The van der Waals surface area contributed by atoms with Gasteiger partial charge in [-0.25, -0.2) is 4.98 Å². The van der Waals surface area contributed by atoms with Gasteiger partial charge < -0.3 is 15.7 Å². The number of nitrogens with two attached hydrogens (primary N) is 1. The SMILES string of the molecule is NC(=NO)c1cc([N+](=O)[O-])cnc1Oc1cccc(Cl)c1. The summed E-state index contributed by atoms with van der Waals surface area (Å²) in [7, 11) is 0. The Labute approximate surface area is 123 Å². The summed E-state index contributed by atoms with van der Waals surface area (Å²) in [5.41, 5.74) is 5.16. The first-order chi connectivity index (χ1) is 10.0. The number of amidine groups is 1. The van der Waals surface area contributed by atoms with Crippen LogP contribution in [0.3, 0.4) is 0 Å². The first kappa shape index (κ1) is 14.5. The lowest BCUT2D eigenvalue weighted by molar-refractivity contribution is -0.385. The van der Waals surface area contributed by atoms with E-state index in [-0.39, 0.29) is 23.0 Å². The van der Waals surface area contributed by atoms with Crippen LogP contribution in [0.15, 0.2) is 41.7 Å². The summed E-state index contributed by atoms with van der Waals surface area (Å²) in [6.07, 6.45) is 1.01. The van der Waals surface area contributed by atoms with Gasteiger partial charge in [0.1, 0.15) is 11.9 Å². The van der Waals surface area contributed by atoms with E-state index in [1.807, 2.05) is 0 Å². The van der Waals surface area contributed by atoms with Gasteiger partial charge in [0.15, 0.2) is 5.84 Å². The van der Waals surface area contributed by atoms with E-state index in [0.29, 0.717) is 10.8 Å². The molecule has 2 rings (SSSR count). The average molecular weight is 309 g/mol. The molecule has 0 spiro atoms. The predicted octanol–water partition coefficient (Wildman–Crippen LogP) is 2.53. The van der Waals surface area contributed by atoms with E-state index in [2.05, 4.69) is 10.1 Å². The molecule has 3 N–H and O–H groups in total. The number of nitro groups is 1. The van der Waals surface area contributed by atoms with Crippen molar-refractivity contribution in [3.8, 4) is 11.6 Å². The Morgan fingerprint density at radius 1 is 1.48 bits per heavy atom. The highest BCUT2D eigenvalue weighted by Gasteiger charge is 2.17. The lowest BCUT2D eigenvalue weighted by atomic mass is 10.2. The van der Waals surface area contributed by atoms with Gasteiger partial charge in [-0.05, 0) is 18.2 Å². The molecule has 1 aromatic carbocycles. The summed E-state index contributed by atoms with van der Waals surface area (Å²) < 4.78 is 5.46. The number of aromatic nitrogens is 1. The van der Waals surface area contributed by atoms with Gasteiger partial charge in [-0.2, -0.15) is 0 Å². The molecule has 1 aromatic heterocycles. The zero-order chi connectivity index (χ0) is 15.4. The van der Waals surface area contributed by atoms with Crippen molar-refractivity contribution in [3.05, 3.63) is 57.2 Å². The summed E-state index contributed by atoms with van der Waals surface area (Å²) in [6, 6.07) is 7.56. The van der Waals surface area contributed by atoms with E-state index in [1.54, 1.807) is 18.2 Å². The second kappa shape index (κ2) is 6.06. The largest absolute Gasteiger partial charge is 0.438 e. The van der Waals surface area contributed by atoms with Crippen LogP contribution in [-0.4, -0.2) is 21.0 Å². The van der Waals surface area contributed by atoms with Crippen LogP contribution in [0.2, 0.25) is 5.02 Å². The van der Waals surface area contributed by atoms with E-state index in [4.69, 9.17) is 27.3 Å². The molecular weight excluding hydrogens is 300 g/mol. The van der Waals surface area contributed by atoms with E-state index in [9.17, 15) is 10.1 Å². The predicted molar refractivity (Wildman–Crippen MR) is 74.9 cm³/mol. The molecule has 0 saturated heterocycles. The van der Waals surface area contributed by atoms with Crippen molar-refractivity contribution in [3.63, 3.8) is 0 Å². The van der Waals surface area contributed by atoms with E-state index in [0.717, 1.165) is 12.3 Å². The van der Waals surface area contributed by atoms with Crippen LogP contribution >= 0.6 is 11.6 Å². The number of oxime groups is 1. The third-order valence-electron chi connectivity index (χ3n) is 2.44. The van der Waals surface area contributed by atoms with Crippen LogP contribution in [0.1, 0.15) is 5.56 Å². The Morgan fingerprint density at radius 3 is 2.86 bits per heavy atom. The minimum absolute atomic E-state index is 0.00771. The van der Waals surface area contributed by atoms with Gasteiger partial charge in [0.25, 0.3) is 5.69 Å². The highest BCUT2D eigenvalue weighted by atomic mass is 35.5. The molecule has 0 aliphatic rings. The number of benzene rings is 1. The minimum Gasteiger partial charge on any atom is -0.438 e. The Hall–Kier alpha value is -2.87. The summed E-state index contributed by atoms with van der Waals surface area (Å²) in [5, 5.41) is 22.7. The highest BCUT2D eigenvalue weighted by Crippen LogP contribution is 2.27. The van der Waals surface area contributed by atoms with E-state index in [1.165, 1.54) is 6.07 Å². The third-order valence-corrected chi connectivity index (χ3v) is 2.68. The van der Waals surface area contributed by atoms with Gasteiger partial charge in [-0.3, -0.25) is 10.1 Å². The summed E-state index contributed by atoms with van der Waals surface area (Å²) in [4.78, 5) is 13.9. The Morgan fingerprint density at radius 2 is 2.24 bits per heavy atom. The number of nitrogens with zero attached hydrogens (tertiary/aromatic N) is 3. The fraction of sp³-hybridized carbons (Fsp3) is 0. The van der Waals surface area contributed by atoms with Crippen molar-refractivity contribution in [2.24, 2.45) is 10.9 Å². The van der Waals surface area contributed by atoms with Crippen molar-refractivity contribution in [2.75, 3.05) is 0 Å². The number of hydrogen-bond donors (Lipinski definition) is 2. The normalized spacial score (nSPS) is 11.2. The monoisotopic (exact) mass is 308 g/mol. The molecule has 0 aliphatic heterocycles. The molecule has 2 aromatic rings. The molecule has 1 heterocycles. The first-order valence-electron chi connectivity index (χ1n) is 5.57. The molecule has 108 valence electrons. The molecule has 0 saturated carbocycles. The zero-order valence-electron chi connectivity index (χ0n) is 10.4. The minimum atomic E-state index is -0.648. The topological polar surface area (TPSA) is 124 Å². The second-order valence-electron chi connectivity index (χ2n) is 3.85. The second-order valence-corrected chi connectivity index (χ2v) is 4.28. The van der Waals surface area contributed by atoms with E-state index < -0.39 is 4.92 Å². The van der Waals surface area contributed by atoms with Crippen molar-refractivity contribution in [2.45, 2.75) is 0 Å². The maximum absolute atomic E-state index is 10.7. The van der Waals surface area contributed by atoms with Crippen molar-refractivity contribution in [1.29, 1.82) is 0 Å². The fourth-order valence-corrected chi connectivity index (χ4v) is 1.68. The number of pyridine rings is 1. The molecule has 0 amide bonds. The Bertz CT molecular complexity index is 720. The summed E-state index contributed by atoms with van der Waals surface area (Å²) in [5.74, 6) is -0.0442. The molecule has 9 heteroatoms. The van der Waals surface area contributed by atoms with Gasteiger partial charge in [0.05, 0.1) is 10.5 Å². The Kier molecular flexibility index (Phi) is 4.19. The average Bonchev–Trinajstić information content (AvgIpc) is 2.46. The highest BCUT2D eigenvalue weighted by molar-refractivity contribution is 6.30. The summed E-state index contributed by atoms with van der Waals surface area (Å²) in [6.45, 7) is 0. The maximum atomic E-state index is 10.7. The molecule has 0 unspecified atom stereocenters. The molecule has 0 atom stereocenters. The van der Waals surface area contributed by atoms with Crippen LogP contribution in [0, 0.1) is 10.1 Å². The number of halogens is 1. The number of hydrogen-bond acceptors (Lipinski definition) is 6. The van der Waals surface area contributed by atoms with Gasteiger partial charge >= 0.3 is 0 Å². The van der Waals surface area contributed by atoms with Gasteiger partial charge in [0, 0.05) is 11.1 Å². The van der Waals surface area contributed by atoms with Crippen LogP contribution < -0.4 is 10.5 Å². The molecule has 0 fully saturated rings. The van der Waals surface area contributed by atoms with E-state index >= 15 is 0 Å². The van der Waals surface area contributed by atoms with Gasteiger partial charge in [-0.1, -0.05) is 22.8 Å². The first-order valence-corrected chi connectivity index (χ1v) is 5.95.